The topological polar surface area (TPSA) is 70.6 Å². The maximum absolute atomic E-state index is 11.6. The average molecular weight is 301 g/mol. The fourth-order valence-electron chi connectivity index (χ4n) is 1.59. The molecular formula is C14H21ClN2O3. The van der Waals surface area contributed by atoms with Gasteiger partial charge in [-0.1, -0.05) is 23.7 Å². The third-order valence-electron chi connectivity index (χ3n) is 2.63. The van der Waals surface area contributed by atoms with Crippen molar-refractivity contribution in [1.29, 1.82) is 0 Å². The van der Waals surface area contributed by atoms with Crippen LogP contribution in [0.15, 0.2) is 24.3 Å². The van der Waals surface area contributed by atoms with Gasteiger partial charge < -0.3 is 20.5 Å². The van der Waals surface area contributed by atoms with Crippen LogP contribution in [-0.4, -0.2) is 36.9 Å². The molecule has 0 spiro atoms. The number of rotatable bonds is 6. The Labute approximate surface area is 124 Å². The highest BCUT2D eigenvalue weighted by Crippen LogP contribution is 2.19. The van der Waals surface area contributed by atoms with Gasteiger partial charge in [-0.05, 0) is 31.5 Å². The van der Waals surface area contributed by atoms with E-state index in [1.54, 1.807) is 33.1 Å². The Balaban J connectivity index is 2.48. The minimum atomic E-state index is -0.940. The molecule has 0 bridgehead atoms. The Morgan fingerprint density at radius 3 is 2.70 bits per heavy atom. The van der Waals surface area contributed by atoms with Crippen molar-refractivity contribution in [2.24, 2.45) is 0 Å². The van der Waals surface area contributed by atoms with Gasteiger partial charge in [-0.25, -0.2) is 4.79 Å². The zero-order chi connectivity index (χ0) is 15.2. The smallest absolute Gasteiger partial charge is 0.314 e. The van der Waals surface area contributed by atoms with E-state index < -0.39 is 5.60 Å². The molecule has 1 rings (SSSR count). The number of benzene rings is 1. The van der Waals surface area contributed by atoms with Crippen molar-refractivity contribution in [3.63, 3.8) is 0 Å². The molecule has 1 aromatic rings. The van der Waals surface area contributed by atoms with Crippen molar-refractivity contribution in [3.8, 4) is 0 Å². The van der Waals surface area contributed by atoms with Gasteiger partial charge in [-0.15, -0.1) is 0 Å². The first-order valence-corrected chi connectivity index (χ1v) is 6.72. The van der Waals surface area contributed by atoms with E-state index in [2.05, 4.69) is 10.6 Å². The SMILES string of the molecule is COC(CNC(=O)NCC(C)(C)O)c1cccc(Cl)c1. The molecular weight excluding hydrogens is 280 g/mol. The van der Waals surface area contributed by atoms with Gasteiger partial charge in [-0.2, -0.15) is 0 Å². The number of aliphatic hydroxyl groups is 1. The number of carbonyl (C=O) groups excluding carboxylic acids is 1. The fourth-order valence-corrected chi connectivity index (χ4v) is 1.79. The van der Waals surface area contributed by atoms with Crippen LogP contribution in [-0.2, 0) is 4.74 Å². The molecule has 1 unspecified atom stereocenters. The normalized spacial score (nSPS) is 12.8. The second kappa shape index (κ2) is 7.47. The van der Waals surface area contributed by atoms with Gasteiger partial charge in [0.25, 0.3) is 0 Å². The molecule has 0 aliphatic carbocycles. The van der Waals surface area contributed by atoms with E-state index in [4.69, 9.17) is 16.3 Å². The zero-order valence-electron chi connectivity index (χ0n) is 11.9. The lowest BCUT2D eigenvalue weighted by atomic mass is 10.1. The van der Waals surface area contributed by atoms with E-state index in [-0.39, 0.29) is 18.7 Å². The van der Waals surface area contributed by atoms with Crippen molar-refractivity contribution in [2.75, 3.05) is 20.2 Å². The van der Waals surface area contributed by atoms with Crippen molar-refractivity contribution in [2.45, 2.75) is 25.6 Å². The number of ether oxygens (including phenoxy) is 1. The van der Waals surface area contributed by atoms with E-state index in [0.717, 1.165) is 5.56 Å². The highest BCUT2D eigenvalue weighted by Gasteiger charge is 2.15. The summed E-state index contributed by atoms with van der Waals surface area (Å²) in [5, 5.41) is 15.4. The second-order valence-corrected chi connectivity index (χ2v) is 5.59. The number of hydrogen-bond donors (Lipinski definition) is 3. The lowest BCUT2D eigenvalue weighted by Crippen LogP contribution is -2.44. The molecule has 0 saturated carbocycles. The lowest BCUT2D eigenvalue weighted by Gasteiger charge is -2.20. The number of hydrogen-bond acceptors (Lipinski definition) is 3. The number of halogens is 1. The van der Waals surface area contributed by atoms with E-state index in [9.17, 15) is 9.90 Å². The molecule has 0 aromatic heterocycles. The first-order valence-electron chi connectivity index (χ1n) is 6.34. The van der Waals surface area contributed by atoms with E-state index in [0.29, 0.717) is 11.6 Å². The van der Waals surface area contributed by atoms with Crippen LogP contribution in [0.2, 0.25) is 5.02 Å². The molecule has 6 heteroatoms. The monoisotopic (exact) mass is 300 g/mol. The molecule has 2 amide bonds. The molecule has 1 aromatic carbocycles. The first kappa shape index (κ1) is 16.8. The van der Waals surface area contributed by atoms with Gasteiger partial charge in [-0.3, -0.25) is 0 Å². The number of nitrogens with one attached hydrogen (secondary N) is 2. The van der Waals surface area contributed by atoms with Crippen LogP contribution < -0.4 is 10.6 Å². The van der Waals surface area contributed by atoms with E-state index in [1.165, 1.54) is 0 Å². The number of amides is 2. The predicted octanol–water partition coefficient (Wildman–Crippen LogP) is 2.10. The van der Waals surface area contributed by atoms with Gasteiger partial charge in [0.2, 0.25) is 0 Å². The van der Waals surface area contributed by atoms with Crippen LogP contribution in [0.3, 0.4) is 0 Å². The molecule has 0 aliphatic rings. The summed E-state index contributed by atoms with van der Waals surface area (Å²) >= 11 is 5.93. The Morgan fingerprint density at radius 2 is 2.15 bits per heavy atom. The van der Waals surface area contributed by atoms with E-state index >= 15 is 0 Å². The molecule has 0 aliphatic heterocycles. The van der Waals surface area contributed by atoms with Crippen LogP contribution in [0.4, 0.5) is 4.79 Å². The van der Waals surface area contributed by atoms with Gasteiger partial charge in [0.05, 0.1) is 11.7 Å². The standard InChI is InChI=1S/C14H21ClN2O3/c1-14(2,19)9-17-13(18)16-8-12(20-3)10-5-4-6-11(15)7-10/h4-7,12,19H,8-9H2,1-3H3,(H2,16,17,18). The summed E-state index contributed by atoms with van der Waals surface area (Å²) < 4.78 is 5.34. The Bertz CT molecular complexity index is 446. The molecule has 0 saturated heterocycles. The molecule has 0 heterocycles. The Hall–Kier alpha value is -1.30. The summed E-state index contributed by atoms with van der Waals surface area (Å²) in [6.45, 7) is 3.73. The van der Waals surface area contributed by atoms with Crippen molar-refractivity contribution >= 4 is 17.6 Å². The van der Waals surface area contributed by atoms with Crippen LogP contribution in [0, 0.1) is 0 Å². The van der Waals surface area contributed by atoms with E-state index in [1.807, 2.05) is 12.1 Å². The molecule has 3 N–H and O–H groups in total. The third kappa shape index (κ3) is 6.23. The molecule has 112 valence electrons. The first-order chi connectivity index (χ1) is 9.31. The summed E-state index contributed by atoms with van der Waals surface area (Å²) in [6, 6.07) is 6.94. The summed E-state index contributed by atoms with van der Waals surface area (Å²) in [5.41, 5.74) is -0.0481. The average Bonchev–Trinajstić information content (AvgIpc) is 2.36. The van der Waals surface area contributed by atoms with Crippen LogP contribution in [0.5, 0.6) is 0 Å². The van der Waals surface area contributed by atoms with Crippen LogP contribution in [0.1, 0.15) is 25.5 Å². The zero-order valence-corrected chi connectivity index (χ0v) is 12.7. The largest absolute Gasteiger partial charge is 0.389 e. The number of methoxy groups -OCH3 is 1. The van der Waals surface area contributed by atoms with Crippen molar-refractivity contribution < 1.29 is 14.6 Å². The maximum atomic E-state index is 11.6. The summed E-state index contributed by atoms with van der Waals surface area (Å²) in [7, 11) is 1.57. The molecule has 1 atom stereocenters. The quantitative estimate of drug-likeness (QED) is 0.753. The highest BCUT2D eigenvalue weighted by atomic mass is 35.5. The second-order valence-electron chi connectivity index (χ2n) is 5.16. The summed E-state index contributed by atoms with van der Waals surface area (Å²) in [6.07, 6.45) is -0.276. The molecule has 5 nitrogen and oxygen atoms in total. The van der Waals surface area contributed by atoms with Crippen molar-refractivity contribution in [3.05, 3.63) is 34.9 Å². The fraction of sp³-hybridized carbons (Fsp3) is 0.500. The highest BCUT2D eigenvalue weighted by molar-refractivity contribution is 6.30. The maximum Gasteiger partial charge on any atom is 0.314 e. The van der Waals surface area contributed by atoms with Gasteiger partial charge in [0, 0.05) is 25.2 Å². The molecule has 0 radical (unpaired) electrons. The van der Waals surface area contributed by atoms with Gasteiger partial charge in [0.15, 0.2) is 0 Å². The Kier molecular flexibility index (Phi) is 6.26. The van der Waals surface area contributed by atoms with Crippen LogP contribution in [0.25, 0.3) is 0 Å². The Morgan fingerprint density at radius 1 is 1.45 bits per heavy atom. The van der Waals surface area contributed by atoms with Crippen LogP contribution >= 0.6 is 11.6 Å². The minimum Gasteiger partial charge on any atom is -0.389 e. The predicted molar refractivity (Wildman–Crippen MR) is 78.9 cm³/mol. The molecule has 20 heavy (non-hydrogen) atoms. The summed E-state index contributed by atoms with van der Waals surface area (Å²) in [4.78, 5) is 11.6. The van der Waals surface area contributed by atoms with Gasteiger partial charge >= 0.3 is 6.03 Å². The van der Waals surface area contributed by atoms with Crippen molar-refractivity contribution in [1.82, 2.24) is 10.6 Å². The van der Waals surface area contributed by atoms with Gasteiger partial charge in [0.1, 0.15) is 0 Å². The molecule has 0 fully saturated rings. The summed E-state index contributed by atoms with van der Waals surface area (Å²) in [5.74, 6) is 0. The third-order valence-corrected chi connectivity index (χ3v) is 2.87. The lowest BCUT2D eigenvalue weighted by molar-refractivity contribution is 0.0807. The number of carbonyl (C=O) groups is 1. The number of urea groups is 1. The minimum absolute atomic E-state index is 0.174.